The van der Waals surface area contributed by atoms with E-state index in [4.69, 9.17) is 21.1 Å². The van der Waals surface area contributed by atoms with Crippen molar-refractivity contribution in [2.45, 2.75) is 19.6 Å². The van der Waals surface area contributed by atoms with Gasteiger partial charge in [0.2, 0.25) is 0 Å². The highest BCUT2D eigenvalue weighted by Gasteiger charge is 2.12. The van der Waals surface area contributed by atoms with Gasteiger partial charge in [-0.05, 0) is 31.7 Å². The fourth-order valence-corrected chi connectivity index (χ4v) is 1.71. The fourth-order valence-electron chi connectivity index (χ4n) is 1.42. The van der Waals surface area contributed by atoms with Crippen LogP contribution in [0, 0.1) is 0 Å². The highest BCUT2D eigenvalue weighted by molar-refractivity contribution is 6.32. The molecule has 1 aromatic carbocycles. The summed E-state index contributed by atoms with van der Waals surface area (Å²) in [6, 6.07) is 3.68. The molecule has 0 radical (unpaired) electrons. The molecule has 0 amide bonds. The molecule has 17 heavy (non-hydrogen) atoms. The first-order valence-corrected chi connectivity index (χ1v) is 5.78. The summed E-state index contributed by atoms with van der Waals surface area (Å²) in [4.78, 5) is 0. The Balaban J connectivity index is 2.95. The number of halogens is 1. The number of hydrogen-bond acceptors (Lipinski definition) is 4. The van der Waals surface area contributed by atoms with Gasteiger partial charge in [0.05, 0.1) is 18.2 Å². The van der Waals surface area contributed by atoms with Gasteiger partial charge in [-0.2, -0.15) is 0 Å². The summed E-state index contributed by atoms with van der Waals surface area (Å²) in [6.07, 6.45) is -0.548. The van der Waals surface area contributed by atoms with E-state index in [9.17, 15) is 5.11 Å². The van der Waals surface area contributed by atoms with Crippen molar-refractivity contribution < 1.29 is 14.6 Å². The second-order valence-corrected chi connectivity index (χ2v) is 4.21. The van der Waals surface area contributed by atoms with Crippen LogP contribution in [0.2, 0.25) is 5.02 Å². The first-order valence-electron chi connectivity index (χ1n) is 5.40. The number of hydrogen-bond donors (Lipinski definition) is 2. The largest absolute Gasteiger partial charge is 0.493 e. The molecule has 0 spiro atoms. The fraction of sp³-hybridized carbons (Fsp3) is 0.500. The second-order valence-electron chi connectivity index (χ2n) is 3.80. The zero-order valence-electron chi connectivity index (χ0n) is 10.3. The molecule has 0 heterocycles. The average Bonchev–Trinajstić information content (AvgIpc) is 2.27. The molecular weight excluding hydrogens is 242 g/mol. The Morgan fingerprint density at radius 3 is 2.71 bits per heavy atom. The minimum absolute atomic E-state index is 0.182. The summed E-state index contributed by atoms with van der Waals surface area (Å²) >= 11 is 6.12. The molecule has 0 bridgehead atoms. The Morgan fingerprint density at radius 2 is 2.18 bits per heavy atom. The summed E-state index contributed by atoms with van der Waals surface area (Å²) in [6.45, 7) is 2.53. The Kier molecular flexibility index (Phi) is 5.55. The van der Waals surface area contributed by atoms with Gasteiger partial charge in [-0.25, -0.2) is 0 Å². The van der Waals surface area contributed by atoms with E-state index in [0.29, 0.717) is 23.1 Å². The van der Waals surface area contributed by atoms with Crippen molar-refractivity contribution in [1.29, 1.82) is 0 Å². The third-order valence-electron chi connectivity index (χ3n) is 2.14. The number of rotatable bonds is 6. The number of ether oxygens (including phenoxy) is 2. The van der Waals surface area contributed by atoms with Crippen LogP contribution in [0.5, 0.6) is 11.5 Å². The monoisotopic (exact) mass is 259 g/mol. The number of benzene rings is 1. The molecule has 2 N–H and O–H groups in total. The molecule has 1 unspecified atom stereocenters. The standard InChI is InChI=1S/C12H18ClNO3/c1-8(15)7-17-12-10(13)4-9(6-14-2)5-11(12)16-3/h4-5,8,14-15H,6-7H2,1-3H3. The van der Waals surface area contributed by atoms with E-state index in [0.717, 1.165) is 5.56 Å². The molecule has 1 aromatic rings. The van der Waals surface area contributed by atoms with Gasteiger partial charge in [0.1, 0.15) is 6.61 Å². The Bertz CT molecular complexity index is 369. The lowest BCUT2D eigenvalue weighted by molar-refractivity contribution is 0.120. The molecule has 0 saturated carbocycles. The van der Waals surface area contributed by atoms with Gasteiger partial charge >= 0.3 is 0 Å². The van der Waals surface area contributed by atoms with Gasteiger partial charge in [-0.15, -0.1) is 0 Å². The van der Waals surface area contributed by atoms with Crippen molar-refractivity contribution in [2.75, 3.05) is 20.8 Å². The van der Waals surface area contributed by atoms with E-state index in [1.807, 2.05) is 19.2 Å². The molecule has 96 valence electrons. The first kappa shape index (κ1) is 14.1. The van der Waals surface area contributed by atoms with E-state index in [-0.39, 0.29) is 6.61 Å². The van der Waals surface area contributed by atoms with Gasteiger partial charge in [0.15, 0.2) is 11.5 Å². The second kappa shape index (κ2) is 6.69. The molecule has 1 rings (SSSR count). The van der Waals surface area contributed by atoms with Gasteiger partial charge in [0.25, 0.3) is 0 Å². The van der Waals surface area contributed by atoms with Crippen LogP contribution >= 0.6 is 11.6 Å². The van der Waals surface area contributed by atoms with Crippen LogP contribution in [0.4, 0.5) is 0 Å². The van der Waals surface area contributed by atoms with E-state index < -0.39 is 6.10 Å². The predicted octanol–water partition coefficient (Wildman–Crippen LogP) is 1.83. The number of aliphatic hydroxyl groups is 1. The Hall–Kier alpha value is -0.970. The predicted molar refractivity (Wildman–Crippen MR) is 67.9 cm³/mol. The molecule has 0 aliphatic carbocycles. The topological polar surface area (TPSA) is 50.7 Å². The normalized spacial score (nSPS) is 12.3. The van der Waals surface area contributed by atoms with E-state index >= 15 is 0 Å². The van der Waals surface area contributed by atoms with Gasteiger partial charge in [-0.3, -0.25) is 0 Å². The zero-order valence-corrected chi connectivity index (χ0v) is 11.0. The lowest BCUT2D eigenvalue weighted by Crippen LogP contribution is -2.13. The van der Waals surface area contributed by atoms with Crippen LogP contribution in [0.25, 0.3) is 0 Å². The quantitative estimate of drug-likeness (QED) is 0.818. The average molecular weight is 260 g/mol. The molecule has 0 aliphatic heterocycles. The maximum Gasteiger partial charge on any atom is 0.179 e. The van der Waals surface area contributed by atoms with Crippen molar-refractivity contribution in [2.24, 2.45) is 0 Å². The van der Waals surface area contributed by atoms with Crippen molar-refractivity contribution in [3.63, 3.8) is 0 Å². The Morgan fingerprint density at radius 1 is 1.47 bits per heavy atom. The number of methoxy groups -OCH3 is 1. The molecule has 1 atom stereocenters. The molecule has 0 aliphatic rings. The first-order chi connectivity index (χ1) is 8.08. The summed E-state index contributed by atoms with van der Waals surface area (Å²) in [5, 5.41) is 12.7. The van der Waals surface area contributed by atoms with Crippen LogP contribution in [0.3, 0.4) is 0 Å². The van der Waals surface area contributed by atoms with E-state index in [1.54, 1.807) is 14.0 Å². The molecule has 5 heteroatoms. The summed E-state index contributed by atoms with van der Waals surface area (Å²) in [7, 11) is 3.42. The highest BCUT2D eigenvalue weighted by atomic mass is 35.5. The smallest absolute Gasteiger partial charge is 0.179 e. The maximum absolute atomic E-state index is 9.19. The van der Waals surface area contributed by atoms with Gasteiger partial charge in [0, 0.05) is 6.54 Å². The van der Waals surface area contributed by atoms with Crippen LogP contribution in [0.1, 0.15) is 12.5 Å². The van der Waals surface area contributed by atoms with Crippen molar-refractivity contribution in [1.82, 2.24) is 5.32 Å². The van der Waals surface area contributed by atoms with Crippen LogP contribution in [-0.4, -0.2) is 32.0 Å². The van der Waals surface area contributed by atoms with Crippen LogP contribution in [0.15, 0.2) is 12.1 Å². The molecule has 0 fully saturated rings. The summed E-state index contributed by atoms with van der Waals surface area (Å²) in [5.41, 5.74) is 1.01. The molecule has 4 nitrogen and oxygen atoms in total. The minimum atomic E-state index is -0.548. The molecular formula is C12H18ClNO3. The van der Waals surface area contributed by atoms with E-state index in [2.05, 4.69) is 5.32 Å². The number of aliphatic hydroxyl groups excluding tert-OH is 1. The molecule has 0 aromatic heterocycles. The Labute approximate surface area is 106 Å². The zero-order chi connectivity index (χ0) is 12.8. The third-order valence-corrected chi connectivity index (χ3v) is 2.42. The van der Waals surface area contributed by atoms with Crippen molar-refractivity contribution >= 4 is 11.6 Å². The van der Waals surface area contributed by atoms with Crippen LogP contribution in [-0.2, 0) is 6.54 Å². The van der Waals surface area contributed by atoms with E-state index in [1.165, 1.54) is 0 Å². The third kappa shape index (κ3) is 4.07. The number of nitrogens with one attached hydrogen (secondary N) is 1. The van der Waals surface area contributed by atoms with Crippen molar-refractivity contribution in [3.05, 3.63) is 22.7 Å². The van der Waals surface area contributed by atoms with Crippen molar-refractivity contribution in [3.8, 4) is 11.5 Å². The van der Waals surface area contributed by atoms with Crippen LogP contribution < -0.4 is 14.8 Å². The lowest BCUT2D eigenvalue weighted by atomic mass is 10.2. The summed E-state index contributed by atoms with van der Waals surface area (Å²) < 4.78 is 10.7. The SMILES string of the molecule is CNCc1cc(Cl)c(OCC(C)O)c(OC)c1. The lowest BCUT2D eigenvalue weighted by Gasteiger charge is -2.15. The highest BCUT2D eigenvalue weighted by Crippen LogP contribution is 2.36. The minimum Gasteiger partial charge on any atom is -0.493 e. The van der Waals surface area contributed by atoms with Gasteiger partial charge in [-0.1, -0.05) is 11.6 Å². The molecule has 0 saturated heterocycles. The summed E-state index contributed by atoms with van der Waals surface area (Å²) in [5.74, 6) is 1.04. The van der Waals surface area contributed by atoms with Gasteiger partial charge < -0.3 is 19.9 Å². The maximum atomic E-state index is 9.19.